The maximum Gasteiger partial charge on any atom is 0.283 e. The highest BCUT2D eigenvalue weighted by Gasteiger charge is 2.36. The van der Waals surface area contributed by atoms with Crippen LogP contribution in [0.4, 0.5) is 0 Å². The fraction of sp³-hybridized carbons (Fsp3) is 0.138. The number of carbonyl (C=O) groups excluding carboxylic acids is 1. The number of fused-ring (bicyclic) bond motifs is 1. The molecule has 2 heterocycles. The highest BCUT2D eigenvalue weighted by atomic mass is 32.2. The maximum absolute atomic E-state index is 12.7. The number of ether oxygens (including phenoxy) is 2. The van der Waals surface area contributed by atoms with E-state index in [9.17, 15) is 4.79 Å². The lowest BCUT2D eigenvalue weighted by molar-refractivity contribution is -0.114. The second-order valence-corrected chi connectivity index (χ2v) is 9.20. The van der Waals surface area contributed by atoms with Crippen LogP contribution in [0.3, 0.4) is 0 Å². The highest BCUT2D eigenvalue weighted by molar-refractivity contribution is 8.17. The number of aliphatic imine (C=N–C) groups is 1. The molecule has 0 bridgehead atoms. The van der Waals surface area contributed by atoms with Gasteiger partial charge in [0.15, 0.2) is 5.17 Å². The lowest BCUT2D eigenvalue weighted by Gasteiger charge is -2.26. The first kappa shape index (κ1) is 23.6. The first-order chi connectivity index (χ1) is 17.6. The number of benzene rings is 3. The molecule has 0 aliphatic carbocycles. The van der Waals surface area contributed by atoms with Gasteiger partial charge in [-0.3, -0.25) is 15.1 Å². The van der Waals surface area contributed by atoms with Crippen molar-refractivity contribution < 1.29 is 14.3 Å². The van der Waals surface area contributed by atoms with Crippen LogP contribution in [-0.4, -0.2) is 35.0 Å². The maximum atomic E-state index is 12.7. The summed E-state index contributed by atoms with van der Waals surface area (Å²) in [6.45, 7) is 3.16. The summed E-state index contributed by atoms with van der Waals surface area (Å²) in [7, 11) is 0. The van der Waals surface area contributed by atoms with E-state index in [1.165, 1.54) is 17.3 Å². The lowest BCUT2D eigenvalue weighted by Crippen LogP contribution is -2.38. The van der Waals surface area contributed by atoms with Crippen LogP contribution >= 0.6 is 11.8 Å². The molecule has 6 nitrogen and oxygen atoms in total. The van der Waals surface area contributed by atoms with Crippen LogP contribution < -0.4 is 9.47 Å². The second kappa shape index (κ2) is 10.7. The van der Waals surface area contributed by atoms with E-state index in [1.807, 2.05) is 91.2 Å². The van der Waals surface area contributed by atoms with Gasteiger partial charge in [-0.15, -0.1) is 0 Å². The molecule has 36 heavy (non-hydrogen) atoms. The van der Waals surface area contributed by atoms with E-state index < -0.39 is 5.91 Å². The molecule has 5 rings (SSSR count). The zero-order valence-corrected chi connectivity index (χ0v) is 20.6. The Morgan fingerprint density at radius 2 is 1.56 bits per heavy atom. The van der Waals surface area contributed by atoms with Gasteiger partial charge in [0.2, 0.25) is 0 Å². The first-order valence-electron chi connectivity index (χ1n) is 11.7. The molecule has 0 unspecified atom stereocenters. The van der Waals surface area contributed by atoms with Crippen molar-refractivity contribution in [3.05, 3.63) is 107 Å². The predicted molar refractivity (Wildman–Crippen MR) is 145 cm³/mol. The van der Waals surface area contributed by atoms with Crippen molar-refractivity contribution in [2.75, 3.05) is 13.2 Å². The van der Waals surface area contributed by atoms with Crippen LogP contribution in [0.25, 0.3) is 11.8 Å². The number of rotatable bonds is 8. The molecule has 0 fully saturated rings. The summed E-state index contributed by atoms with van der Waals surface area (Å²) in [5.74, 6) is 1.31. The number of nitrogens with one attached hydrogen (secondary N) is 1. The van der Waals surface area contributed by atoms with Crippen LogP contribution in [0.15, 0.2) is 94.8 Å². The molecule has 2 aliphatic heterocycles. The van der Waals surface area contributed by atoms with Gasteiger partial charge in [-0.1, -0.05) is 71.9 Å². The monoisotopic (exact) mass is 495 g/mol. The summed E-state index contributed by atoms with van der Waals surface area (Å²) in [6.07, 6.45) is 2.46. The number of amidine groups is 2. The normalized spacial score (nSPS) is 16.0. The Bertz CT molecular complexity index is 1360. The molecule has 0 saturated heterocycles. The number of hydrogen-bond acceptors (Lipinski definition) is 5. The van der Waals surface area contributed by atoms with Crippen molar-refractivity contribution in [1.82, 2.24) is 4.90 Å². The fourth-order valence-corrected chi connectivity index (χ4v) is 4.70. The van der Waals surface area contributed by atoms with Gasteiger partial charge in [0, 0.05) is 11.8 Å². The summed E-state index contributed by atoms with van der Waals surface area (Å²) >= 11 is 1.36. The average Bonchev–Trinajstić information content (AvgIpc) is 3.33. The summed E-state index contributed by atoms with van der Waals surface area (Å²) in [5.41, 5.74) is 4.08. The minimum absolute atomic E-state index is 0.124. The molecule has 1 N–H and O–H groups in total. The zero-order valence-electron chi connectivity index (χ0n) is 19.8. The minimum atomic E-state index is -0.407. The van der Waals surface area contributed by atoms with Crippen LogP contribution in [0.2, 0.25) is 0 Å². The molecule has 0 spiro atoms. The molecular weight excluding hydrogens is 470 g/mol. The summed E-state index contributed by atoms with van der Waals surface area (Å²) in [6, 6.07) is 25.3. The van der Waals surface area contributed by atoms with Crippen molar-refractivity contribution in [3.8, 4) is 11.5 Å². The molecular formula is C29H25N3O3S. The van der Waals surface area contributed by atoms with E-state index >= 15 is 0 Å². The molecule has 1 amide bonds. The van der Waals surface area contributed by atoms with Gasteiger partial charge < -0.3 is 9.47 Å². The number of aryl methyl sites for hydroxylation is 1. The Labute approximate surface area is 214 Å². The summed E-state index contributed by atoms with van der Waals surface area (Å²) in [4.78, 5) is 18.6. The molecule has 2 aliphatic rings. The number of hydrogen-bond donors (Lipinski definition) is 1. The number of thioether (sulfide) groups is 1. The molecule has 0 aromatic heterocycles. The average molecular weight is 496 g/mol. The minimum Gasteiger partial charge on any atom is -0.493 e. The largest absolute Gasteiger partial charge is 0.493 e. The van der Waals surface area contributed by atoms with Gasteiger partial charge in [-0.2, -0.15) is 4.99 Å². The molecule has 3 aromatic rings. The van der Waals surface area contributed by atoms with Gasteiger partial charge in [-0.25, -0.2) is 0 Å². The number of carbonyl (C=O) groups is 1. The summed E-state index contributed by atoms with van der Waals surface area (Å²) < 4.78 is 11.5. The first-order valence-corrected chi connectivity index (χ1v) is 12.5. The molecule has 7 heteroatoms. The van der Waals surface area contributed by atoms with Gasteiger partial charge in [-0.05, 0) is 48.4 Å². The Hall–Kier alpha value is -4.10. The second-order valence-electron chi connectivity index (χ2n) is 8.36. The zero-order chi connectivity index (χ0) is 24.9. The van der Waals surface area contributed by atoms with Crippen molar-refractivity contribution >= 4 is 40.4 Å². The van der Waals surface area contributed by atoms with Crippen molar-refractivity contribution in [1.29, 1.82) is 5.41 Å². The van der Waals surface area contributed by atoms with Crippen molar-refractivity contribution in [2.45, 2.75) is 13.3 Å². The van der Waals surface area contributed by atoms with E-state index in [0.717, 1.165) is 34.7 Å². The van der Waals surface area contributed by atoms with Gasteiger partial charge in [0.05, 0.1) is 24.5 Å². The standard InChI is InChI=1S/C29H25N3O3S/c1-20-8-12-23(13-9-20)34-16-5-17-35-24-14-10-21(11-15-24)18-25-27(30)32-26(22-6-3-2-4-7-22)19-36-29(32)31-28(25)33/h2-4,6-15,18-19,30H,5,16-17H2,1H3. The lowest BCUT2D eigenvalue weighted by atomic mass is 10.1. The van der Waals surface area contributed by atoms with Crippen LogP contribution in [0, 0.1) is 12.3 Å². The Morgan fingerprint density at radius 3 is 2.22 bits per heavy atom. The van der Waals surface area contributed by atoms with E-state index in [0.29, 0.717) is 18.4 Å². The van der Waals surface area contributed by atoms with Gasteiger partial charge in [0.25, 0.3) is 5.91 Å². The Morgan fingerprint density at radius 1 is 0.917 bits per heavy atom. The molecule has 0 atom stereocenters. The van der Waals surface area contributed by atoms with Crippen molar-refractivity contribution in [3.63, 3.8) is 0 Å². The number of nitrogens with zero attached hydrogens (tertiary/aromatic N) is 2. The van der Waals surface area contributed by atoms with Crippen LogP contribution in [0.5, 0.6) is 11.5 Å². The quantitative estimate of drug-likeness (QED) is 0.300. The van der Waals surface area contributed by atoms with Gasteiger partial charge >= 0.3 is 0 Å². The summed E-state index contributed by atoms with van der Waals surface area (Å²) in [5, 5.41) is 11.2. The SMILES string of the molecule is Cc1ccc(OCCCOc2ccc(C=C3C(=N)N4C(c5ccccc5)=CSC4=NC3=O)cc2)cc1. The van der Waals surface area contributed by atoms with E-state index in [4.69, 9.17) is 14.9 Å². The molecule has 180 valence electrons. The van der Waals surface area contributed by atoms with Crippen LogP contribution in [-0.2, 0) is 4.79 Å². The molecule has 0 saturated carbocycles. The van der Waals surface area contributed by atoms with Crippen molar-refractivity contribution in [2.24, 2.45) is 4.99 Å². The third-order valence-corrected chi connectivity index (χ3v) is 6.55. The fourth-order valence-electron chi connectivity index (χ4n) is 3.81. The van der Waals surface area contributed by atoms with Crippen LogP contribution in [0.1, 0.15) is 23.1 Å². The number of amides is 1. The molecule has 0 radical (unpaired) electrons. The topological polar surface area (TPSA) is 75.0 Å². The van der Waals surface area contributed by atoms with Gasteiger partial charge in [0.1, 0.15) is 17.3 Å². The highest BCUT2D eigenvalue weighted by Crippen LogP contribution is 2.37. The third kappa shape index (κ3) is 5.26. The Balaban J connectivity index is 1.19. The van der Waals surface area contributed by atoms with E-state index in [2.05, 4.69) is 4.99 Å². The van der Waals surface area contributed by atoms with E-state index in [1.54, 1.807) is 11.0 Å². The Kier molecular flexibility index (Phi) is 7.00. The smallest absolute Gasteiger partial charge is 0.283 e. The predicted octanol–water partition coefficient (Wildman–Crippen LogP) is 6.15. The van der Waals surface area contributed by atoms with E-state index in [-0.39, 0.29) is 11.4 Å². The molecule has 3 aromatic carbocycles. The third-order valence-electron chi connectivity index (χ3n) is 5.72.